The van der Waals surface area contributed by atoms with Gasteiger partial charge in [0, 0.05) is 17.3 Å². The van der Waals surface area contributed by atoms with Gasteiger partial charge in [0.25, 0.3) is 5.91 Å². The molecule has 0 spiro atoms. The number of hydrogen-bond acceptors (Lipinski definition) is 3. The average molecular weight is 384 g/mol. The maximum Gasteiger partial charge on any atom is 0.255 e. The molecule has 2 aromatic carbocycles. The third-order valence-corrected chi connectivity index (χ3v) is 4.47. The minimum absolute atomic E-state index is 0.155. The van der Waals surface area contributed by atoms with Gasteiger partial charge in [-0.2, -0.15) is 0 Å². The van der Waals surface area contributed by atoms with Crippen molar-refractivity contribution < 1.29 is 14.3 Å². The van der Waals surface area contributed by atoms with Crippen LogP contribution in [0.25, 0.3) is 0 Å². The number of benzene rings is 2. The summed E-state index contributed by atoms with van der Waals surface area (Å²) in [4.78, 5) is 12.6. The minimum atomic E-state index is -0.155. The second-order valence-electron chi connectivity index (χ2n) is 6.97. The summed E-state index contributed by atoms with van der Waals surface area (Å²) >= 11 is 0. The highest BCUT2D eigenvalue weighted by atomic mass is 16.5. The van der Waals surface area contributed by atoms with E-state index in [1.54, 1.807) is 12.1 Å². The number of amides is 1. The van der Waals surface area contributed by atoms with E-state index in [0.717, 1.165) is 36.4 Å². The summed E-state index contributed by atoms with van der Waals surface area (Å²) in [6.07, 6.45) is 8.13. The maximum absolute atomic E-state index is 12.6. The zero-order chi connectivity index (χ0) is 20.0. The molecule has 1 N–H and O–H groups in total. The maximum atomic E-state index is 12.6. The van der Waals surface area contributed by atoms with Crippen LogP contribution in [0.2, 0.25) is 0 Å². The van der Waals surface area contributed by atoms with Gasteiger partial charge in [-0.1, -0.05) is 58.1 Å². The van der Waals surface area contributed by atoms with Crippen molar-refractivity contribution in [3.8, 4) is 11.5 Å². The lowest BCUT2D eigenvalue weighted by Crippen LogP contribution is -2.12. The first kappa shape index (κ1) is 21.8. The van der Waals surface area contributed by atoms with Crippen molar-refractivity contribution in [3.63, 3.8) is 0 Å². The van der Waals surface area contributed by atoms with E-state index in [9.17, 15) is 4.79 Å². The third-order valence-electron chi connectivity index (χ3n) is 4.47. The first-order valence-corrected chi connectivity index (χ1v) is 10.5. The lowest BCUT2D eigenvalue weighted by molar-refractivity contribution is 0.102. The molecule has 0 aliphatic rings. The molecule has 0 saturated heterocycles. The summed E-state index contributed by atoms with van der Waals surface area (Å²) in [5.41, 5.74) is 1.31. The Morgan fingerprint density at radius 1 is 0.786 bits per heavy atom. The zero-order valence-corrected chi connectivity index (χ0v) is 17.2. The van der Waals surface area contributed by atoms with E-state index in [4.69, 9.17) is 9.47 Å². The average Bonchev–Trinajstić information content (AvgIpc) is 2.71. The summed E-state index contributed by atoms with van der Waals surface area (Å²) in [6, 6.07) is 14.8. The molecule has 1 amide bonds. The largest absolute Gasteiger partial charge is 0.494 e. The number of nitrogens with one attached hydrogen (secondary N) is 1. The van der Waals surface area contributed by atoms with Crippen LogP contribution in [0.4, 0.5) is 5.69 Å². The summed E-state index contributed by atoms with van der Waals surface area (Å²) in [5, 5.41) is 2.94. The number of carbonyl (C=O) groups is 1. The minimum Gasteiger partial charge on any atom is -0.494 e. The van der Waals surface area contributed by atoms with Crippen LogP contribution in [0.3, 0.4) is 0 Å². The fraction of sp³-hybridized carbons (Fsp3) is 0.458. The van der Waals surface area contributed by atoms with Crippen molar-refractivity contribution in [1.82, 2.24) is 0 Å². The van der Waals surface area contributed by atoms with E-state index in [0.29, 0.717) is 18.8 Å². The van der Waals surface area contributed by atoms with Crippen LogP contribution < -0.4 is 14.8 Å². The van der Waals surface area contributed by atoms with Crippen molar-refractivity contribution in [2.45, 2.75) is 58.8 Å². The van der Waals surface area contributed by atoms with E-state index < -0.39 is 0 Å². The van der Waals surface area contributed by atoms with Gasteiger partial charge in [0.1, 0.15) is 11.5 Å². The highest BCUT2D eigenvalue weighted by Gasteiger charge is 2.08. The SMILES string of the molecule is CCCCCCCOc1cccc(NC(=O)c2cccc(OCCCC)c2)c1. The molecule has 0 bridgehead atoms. The standard InChI is InChI=1S/C24H33NO3/c1-3-5-7-8-9-17-28-23-15-11-13-21(19-23)25-24(26)20-12-10-14-22(18-20)27-16-6-4-2/h10-15,18-19H,3-9,16-17H2,1-2H3,(H,25,26). The number of hydrogen-bond donors (Lipinski definition) is 1. The van der Waals surface area contributed by atoms with Crippen molar-refractivity contribution in [2.75, 3.05) is 18.5 Å². The molecular formula is C24H33NO3. The van der Waals surface area contributed by atoms with Gasteiger partial charge < -0.3 is 14.8 Å². The van der Waals surface area contributed by atoms with Gasteiger partial charge >= 0.3 is 0 Å². The van der Waals surface area contributed by atoms with Crippen LogP contribution in [-0.2, 0) is 0 Å². The number of ether oxygens (including phenoxy) is 2. The van der Waals surface area contributed by atoms with E-state index in [-0.39, 0.29) is 5.91 Å². The van der Waals surface area contributed by atoms with E-state index in [1.165, 1.54) is 25.7 Å². The molecule has 2 rings (SSSR count). The molecule has 0 heterocycles. The van der Waals surface area contributed by atoms with Gasteiger partial charge in [-0.3, -0.25) is 4.79 Å². The molecule has 0 atom stereocenters. The quantitative estimate of drug-likeness (QED) is 0.403. The van der Waals surface area contributed by atoms with E-state index in [1.807, 2.05) is 36.4 Å². The second-order valence-corrected chi connectivity index (χ2v) is 6.97. The second kappa shape index (κ2) is 12.8. The molecule has 4 nitrogen and oxygen atoms in total. The number of unbranched alkanes of at least 4 members (excludes halogenated alkanes) is 5. The first-order valence-electron chi connectivity index (χ1n) is 10.5. The summed E-state index contributed by atoms with van der Waals surface area (Å²) < 4.78 is 11.5. The smallest absolute Gasteiger partial charge is 0.255 e. The van der Waals surface area contributed by atoms with Gasteiger partial charge in [-0.15, -0.1) is 0 Å². The van der Waals surface area contributed by atoms with Crippen molar-refractivity contribution in [2.24, 2.45) is 0 Å². The molecule has 0 unspecified atom stereocenters. The van der Waals surface area contributed by atoms with E-state index in [2.05, 4.69) is 19.2 Å². The molecule has 28 heavy (non-hydrogen) atoms. The Morgan fingerprint density at radius 3 is 2.18 bits per heavy atom. The van der Waals surface area contributed by atoms with Crippen LogP contribution in [0.5, 0.6) is 11.5 Å². The molecule has 0 radical (unpaired) electrons. The number of carbonyl (C=O) groups excluding carboxylic acids is 1. The van der Waals surface area contributed by atoms with Crippen molar-refractivity contribution >= 4 is 11.6 Å². The van der Waals surface area contributed by atoms with Crippen LogP contribution >= 0.6 is 0 Å². The third kappa shape index (κ3) is 8.03. The Bertz CT molecular complexity index is 715. The fourth-order valence-corrected chi connectivity index (χ4v) is 2.82. The first-order chi connectivity index (χ1) is 13.7. The van der Waals surface area contributed by atoms with Crippen LogP contribution in [0.1, 0.15) is 69.2 Å². The van der Waals surface area contributed by atoms with Crippen molar-refractivity contribution in [3.05, 3.63) is 54.1 Å². The molecule has 152 valence electrons. The zero-order valence-electron chi connectivity index (χ0n) is 17.2. The Morgan fingerprint density at radius 2 is 1.43 bits per heavy atom. The highest BCUT2D eigenvalue weighted by Crippen LogP contribution is 2.20. The van der Waals surface area contributed by atoms with Gasteiger partial charge in [0.2, 0.25) is 0 Å². The molecule has 2 aromatic rings. The van der Waals surface area contributed by atoms with E-state index >= 15 is 0 Å². The van der Waals surface area contributed by atoms with Gasteiger partial charge in [0.15, 0.2) is 0 Å². The number of anilines is 1. The van der Waals surface area contributed by atoms with Crippen LogP contribution in [-0.4, -0.2) is 19.1 Å². The summed E-state index contributed by atoms with van der Waals surface area (Å²) in [6.45, 7) is 5.71. The predicted molar refractivity (Wildman–Crippen MR) is 115 cm³/mol. The van der Waals surface area contributed by atoms with Crippen molar-refractivity contribution in [1.29, 1.82) is 0 Å². The fourth-order valence-electron chi connectivity index (χ4n) is 2.82. The lowest BCUT2D eigenvalue weighted by atomic mass is 10.2. The Balaban J connectivity index is 1.85. The molecule has 4 heteroatoms. The molecule has 0 aromatic heterocycles. The Labute approximate surface area is 169 Å². The van der Waals surface area contributed by atoms with Gasteiger partial charge in [0.05, 0.1) is 13.2 Å². The molecule has 0 saturated carbocycles. The number of rotatable bonds is 13. The Hall–Kier alpha value is -2.49. The molecule has 0 aliphatic carbocycles. The topological polar surface area (TPSA) is 47.6 Å². The van der Waals surface area contributed by atoms with Gasteiger partial charge in [-0.05, 0) is 43.2 Å². The normalized spacial score (nSPS) is 10.5. The molecular weight excluding hydrogens is 350 g/mol. The Kier molecular flexibility index (Phi) is 9.98. The molecule has 0 aliphatic heterocycles. The lowest BCUT2D eigenvalue weighted by Gasteiger charge is -2.10. The van der Waals surface area contributed by atoms with Crippen LogP contribution in [0, 0.1) is 0 Å². The van der Waals surface area contributed by atoms with Gasteiger partial charge in [-0.25, -0.2) is 0 Å². The summed E-state index contributed by atoms with van der Waals surface area (Å²) in [7, 11) is 0. The summed E-state index contributed by atoms with van der Waals surface area (Å²) in [5.74, 6) is 1.35. The monoisotopic (exact) mass is 383 g/mol. The van der Waals surface area contributed by atoms with Crippen LogP contribution in [0.15, 0.2) is 48.5 Å². The molecule has 0 fully saturated rings. The highest BCUT2D eigenvalue weighted by molar-refractivity contribution is 6.04. The predicted octanol–water partition coefficient (Wildman–Crippen LogP) is 6.47.